The van der Waals surface area contributed by atoms with Gasteiger partial charge in [-0.3, -0.25) is 0 Å². The van der Waals surface area contributed by atoms with E-state index in [1.807, 2.05) is 49.4 Å². The van der Waals surface area contributed by atoms with Gasteiger partial charge in [0.1, 0.15) is 17.2 Å². The molecular weight excluding hydrogens is 336 g/mol. The molecule has 0 fully saturated rings. The summed E-state index contributed by atoms with van der Waals surface area (Å²) in [5, 5.41) is 4.15. The van der Waals surface area contributed by atoms with Crippen molar-refractivity contribution in [2.45, 2.75) is 6.92 Å². The van der Waals surface area contributed by atoms with E-state index >= 15 is 0 Å². The van der Waals surface area contributed by atoms with Crippen LogP contribution >= 0.6 is 11.3 Å². The molecule has 3 aromatic rings. The van der Waals surface area contributed by atoms with E-state index in [0.29, 0.717) is 0 Å². The molecule has 6 heteroatoms. The van der Waals surface area contributed by atoms with Gasteiger partial charge in [0.2, 0.25) is 0 Å². The molecule has 0 saturated heterocycles. The molecule has 0 radical (unpaired) electrons. The molecule has 0 saturated carbocycles. The maximum Gasteiger partial charge on any atom is 0.187 e. The van der Waals surface area contributed by atoms with E-state index in [-0.39, 0.29) is 0 Å². The fraction of sp³-hybridized carbons (Fsp3) is 0.211. The third kappa shape index (κ3) is 3.69. The lowest BCUT2D eigenvalue weighted by atomic mass is 10.1. The summed E-state index contributed by atoms with van der Waals surface area (Å²) < 4.78 is 16.0. The monoisotopic (exact) mass is 356 g/mol. The van der Waals surface area contributed by atoms with Crippen molar-refractivity contribution in [3.63, 3.8) is 0 Å². The third-order valence-electron chi connectivity index (χ3n) is 3.78. The van der Waals surface area contributed by atoms with Gasteiger partial charge < -0.3 is 19.5 Å². The van der Waals surface area contributed by atoms with Gasteiger partial charge in [-0.2, -0.15) is 0 Å². The van der Waals surface area contributed by atoms with Crippen LogP contribution in [0.2, 0.25) is 0 Å². The zero-order chi connectivity index (χ0) is 17.8. The Morgan fingerprint density at radius 3 is 2.40 bits per heavy atom. The maximum absolute atomic E-state index is 5.50. The van der Waals surface area contributed by atoms with Crippen LogP contribution in [0.25, 0.3) is 11.3 Å². The summed E-state index contributed by atoms with van der Waals surface area (Å²) in [4.78, 5) is 5.85. The van der Waals surface area contributed by atoms with Gasteiger partial charge in [-0.1, -0.05) is 6.07 Å². The number of rotatable bonds is 6. The molecule has 0 amide bonds. The van der Waals surface area contributed by atoms with E-state index in [4.69, 9.17) is 19.2 Å². The van der Waals surface area contributed by atoms with Crippen LogP contribution < -0.4 is 19.5 Å². The van der Waals surface area contributed by atoms with E-state index in [1.165, 1.54) is 0 Å². The minimum absolute atomic E-state index is 0.737. The standard InChI is InChI=1S/C19H20N2O3S/c1-12-18(16-9-8-15(23-3)11-17(16)24-4)21-19(25-12)20-13-6-5-7-14(10-13)22-2/h5-11H,1-4H3,(H,20,21). The summed E-state index contributed by atoms with van der Waals surface area (Å²) >= 11 is 1.60. The Balaban J connectivity index is 1.92. The molecule has 0 aliphatic rings. The highest BCUT2D eigenvalue weighted by atomic mass is 32.1. The molecule has 25 heavy (non-hydrogen) atoms. The van der Waals surface area contributed by atoms with Gasteiger partial charge in [-0.05, 0) is 31.2 Å². The fourth-order valence-corrected chi connectivity index (χ4v) is 3.37. The minimum atomic E-state index is 0.737. The molecule has 3 rings (SSSR count). The predicted octanol–water partition coefficient (Wildman–Crippen LogP) is 4.89. The summed E-state index contributed by atoms with van der Waals surface area (Å²) in [6.45, 7) is 2.05. The van der Waals surface area contributed by atoms with Crippen molar-refractivity contribution in [3.8, 4) is 28.5 Å². The van der Waals surface area contributed by atoms with Gasteiger partial charge in [-0.25, -0.2) is 4.98 Å². The first kappa shape index (κ1) is 17.1. The first-order valence-corrected chi connectivity index (χ1v) is 8.57. The van der Waals surface area contributed by atoms with Crippen LogP contribution in [0, 0.1) is 6.92 Å². The van der Waals surface area contributed by atoms with Gasteiger partial charge in [-0.15, -0.1) is 11.3 Å². The van der Waals surface area contributed by atoms with Gasteiger partial charge >= 0.3 is 0 Å². The molecule has 1 N–H and O–H groups in total. The molecule has 0 aliphatic heterocycles. The summed E-state index contributed by atoms with van der Waals surface area (Å²) in [6.07, 6.45) is 0. The number of ether oxygens (including phenoxy) is 3. The van der Waals surface area contributed by atoms with Crippen LogP contribution in [0.3, 0.4) is 0 Å². The van der Waals surface area contributed by atoms with E-state index in [1.54, 1.807) is 32.7 Å². The number of methoxy groups -OCH3 is 3. The van der Waals surface area contributed by atoms with Crippen LogP contribution in [0.5, 0.6) is 17.2 Å². The Morgan fingerprint density at radius 1 is 0.920 bits per heavy atom. The molecule has 0 spiro atoms. The molecule has 0 aliphatic carbocycles. The predicted molar refractivity (Wildman–Crippen MR) is 102 cm³/mol. The van der Waals surface area contributed by atoms with Crippen molar-refractivity contribution in [1.82, 2.24) is 4.98 Å². The fourth-order valence-electron chi connectivity index (χ4n) is 2.52. The zero-order valence-corrected chi connectivity index (χ0v) is 15.4. The highest BCUT2D eigenvalue weighted by Gasteiger charge is 2.15. The van der Waals surface area contributed by atoms with Crippen molar-refractivity contribution < 1.29 is 14.2 Å². The Hall–Kier alpha value is -2.73. The number of hydrogen-bond donors (Lipinski definition) is 1. The van der Waals surface area contributed by atoms with Gasteiger partial charge in [0.15, 0.2) is 5.13 Å². The second-order valence-corrected chi connectivity index (χ2v) is 6.55. The van der Waals surface area contributed by atoms with Crippen molar-refractivity contribution >= 4 is 22.2 Å². The van der Waals surface area contributed by atoms with Crippen LogP contribution in [-0.4, -0.2) is 26.3 Å². The number of benzene rings is 2. The molecule has 0 unspecified atom stereocenters. The van der Waals surface area contributed by atoms with Crippen molar-refractivity contribution in [2.24, 2.45) is 0 Å². The molecule has 5 nitrogen and oxygen atoms in total. The molecule has 1 heterocycles. The molecule has 0 atom stereocenters. The lowest BCUT2D eigenvalue weighted by Crippen LogP contribution is -1.93. The number of aryl methyl sites for hydroxylation is 1. The topological polar surface area (TPSA) is 52.6 Å². The van der Waals surface area contributed by atoms with E-state index in [2.05, 4.69) is 5.32 Å². The maximum atomic E-state index is 5.50. The number of nitrogens with one attached hydrogen (secondary N) is 1. The quantitative estimate of drug-likeness (QED) is 0.682. The Bertz CT molecular complexity index is 877. The number of thiazole rings is 1. The first-order chi connectivity index (χ1) is 12.1. The Morgan fingerprint density at radius 2 is 1.68 bits per heavy atom. The van der Waals surface area contributed by atoms with Crippen molar-refractivity contribution in [2.75, 3.05) is 26.6 Å². The van der Waals surface area contributed by atoms with Crippen LogP contribution in [-0.2, 0) is 0 Å². The average Bonchev–Trinajstić information content (AvgIpc) is 3.01. The summed E-state index contributed by atoms with van der Waals surface area (Å²) in [5.74, 6) is 2.29. The average molecular weight is 356 g/mol. The number of hydrogen-bond acceptors (Lipinski definition) is 6. The van der Waals surface area contributed by atoms with Crippen molar-refractivity contribution in [1.29, 1.82) is 0 Å². The second kappa shape index (κ2) is 7.44. The highest BCUT2D eigenvalue weighted by Crippen LogP contribution is 2.38. The number of aromatic nitrogens is 1. The van der Waals surface area contributed by atoms with Crippen LogP contribution in [0.4, 0.5) is 10.8 Å². The summed E-state index contributed by atoms with van der Waals surface area (Å²) in [6, 6.07) is 13.5. The highest BCUT2D eigenvalue weighted by molar-refractivity contribution is 7.16. The number of anilines is 2. The number of nitrogens with zero attached hydrogens (tertiary/aromatic N) is 1. The van der Waals surface area contributed by atoms with E-state index < -0.39 is 0 Å². The van der Waals surface area contributed by atoms with E-state index in [9.17, 15) is 0 Å². The zero-order valence-electron chi connectivity index (χ0n) is 14.6. The first-order valence-electron chi connectivity index (χ1n) is 7.75. The largest absolute Gasteiger partial charge is 0.497 e. The molecule has 130 valence electrons. The van der Waals surface area contributed by atoms with Gasteiger partial charge in [0, 0.05) is 28.3 Å². The normalized spacial score (nSPS) is 10.4. The molecule has 0 bridgehead atoms. The minimum Gasteiger partial charge on any atom is -0.497 e. The van der Waals surface area contributed by atoms with Gasteiger partial charge in [0.05, 0.1) is 27.0 Å². The summed E-state index contributed by atoms with van der Waals surface area (Å²) in [7, 11) is 4.94. The molecule has 1 aromatic heterocycles. The Labute approximate surface area is 151 Å². The SMILES string of the molecule is COc1cccc(Nc2nc(-c3ccc(OC)cc3OC)c(C)s2)c1. The van der Waals surface area contributed by atoms with Gasteiger partial charge in [0.25, 0.3) is 0 Å². The van der Waals surface area contributed by atoms with Crippen LogP contribution in [0.1, 0.15) is 4.88 Å². The lowest BCUT2D eigenvalue weighted by molar-refractivity contribution is 0.395. The van der Waals surface area contributed by atoms with Crippen LogP contribution in [0.15, 0.2) is 42.5 Å². The lowest BCUT2D eigenvalue weighted by Gasteiger charge is -2.09. The summed E-state index contributed by atoms with van der Waals surface area (Å²) in [5.41, 5.74) is 2.77. The molecular formula is C19H20N2O3S. The molecule has 2 aromatic carbocycles. The third-order valence-corrected chi connectivity index (χ3v) is 4.67. The Kier molecular flexibility index (Phi) is 5.09. The van der Waals surface area contributed by atoms with Crippen molar-refractivity contribution in [3.05, 3.63) is 47.3 Å². The second-order valence-electron chi connectivity index (χ2n) is 5.35. The smallest absolute Gasteiger partial charge is 0.187 e. The van der Waals surface area contributed by atoms with E-state index in [0.717, 1.165) is 44.2 Å².